The molecule has 10 heteroatoms. The maximum Gasteiger partial charge on any atom is 0.228 e. The van der Waals surface area contributed by atoms with Gasteiger partial charge >= 0.3 is 0 Å². The number of nitrogens with zero attached hydrogens (tertiary/aromatic N) is 8. The van der Waals surface area contributed by atoms with E-state index < -0.39 is 0 Å². The summed E-state index contributed by atoms with van der Waals surface area (Å²) < 4.78 is 3.75. The standard InChI is InChI=1S/C24H28N10/c1-15(25-3)19(16(2)28-18-5-6-18)14-23-32-31-22-13-17(9-12-34(22)23)20-7-10-26-24(29-20)30-21-8-11-27-33(21)4/h7-13,18,28H,5-6,14H2,1-4H3,(H,26,29,30)/b19-16-,25-15-. The Kier molecular flexibility index (Phi) is 5.79. The lowest BCUT2D eigenvalue weighted by Crippen LogP contribution is -2.19. The van der Waals surface area contributed by atoms with Crippen LogP contribution in [0.1, 0.15) is 32.5 Å². The maximum atomic E-state index is 4.66. The molecule has 2 N–H and O–H groups in total. The molecule has 0 aliphatic heterocycles. The van der Waals surface area contributed by atoms with Crippen LogP contribution in [0.5, 0.6) is 0 Å². The second-order valence-corrected chi connectivity index (χ2v) is 8.50. The van der Waals surface area contributed by atoms with E-state index in [9.17, 15) is 0 Å². The molecule has 0 radical (unpaired) electrons. The lowest BCUT2D eigenvalue weighted by molar-refractivity contribution is 0.775. The fraction of sp³-hybridized carbons (Fsp3) is 0.333. The molecule has 0 bridgehead atoms. The van der Waals surface area contributed by atoms with Crippen molar-refractivity contribution in [1.82, 2.24) is 39.7 Å². The molecule has 10 nitrogen and oxygen atoms in total. The molecule has 0 spiro atoms. The zero-order valence-corrected chi connectivity index (χ0v) is 19.8. The van der Waals surface area contributed by atoms with E-state index in [1.165, 1.54) is 12.8 Å². The summed E-state index contributed by atoms with van der Waals surface area (Å²) in [5.41, 5.74) is 5.84. The van der Waals surface area contributed by atoms with Gasteiger partial charge < -0.3 is 10.6 Å². The summed E-state index contributed by atoms with van der Waals surface area (Å²) in [4.78, 5) is 13.4. The van der Waals surface area contributed by atoms with Gasteiger partial charge in [-0.05, 0) is 50.5 Å². The van der Waals surface area contributed by atoms with E-state index in [0.717, 1.165) is 45.5 Å². The predicted molar refractivity (Wildman–Crippen MR) is 132 cm³/mol. The van der Waals surface area contributed by atoms with Gasteiger partial charge in [-0.15, -0.1) is 10.2 Å². The molecule has 34 heavy (non-hydrogen) atoms. The molecule has 1 fully saturated rings. The first kappa shape index (κ1) is 21.7. The van der Waals surface area contributed by atoms with Crippen molar-refractivity contribution in [2.45, 2.75) is 39.2 Å². The third-order valence-corrected chi connectivity index (χ3v) is 6.05. The van der Waals surface area contributed by atoms with Crippen molar-refractivity contribution in [2.24, 2.45) is 12.0 Å². The molecule has 4 aromatic heterocycles. The van der Waals surface area contributed by atoms with Crippen LogP contribution < -0.4 is 10.6 Å². The second-order valence-electron chi connectivity index (χ2n) is 8.50. The number of aromatic nitrogens is 7. The summed E-state index contributed by atoms with van der Waals surface area (Å²) in [6.45, 7) is 4.16. The highest BCUT2D eigenvalue weighted by Gasteiger charge is 2.22. The molecule has 1 aliphatic rings. The van der Waals surface area contributed by atoms with E-state index >= 15 is 0 Å². The van der Waals surface area contributed by atoms with E-state index in [-0.39, 0.29) is 0 Å². The molecule has 0 atom stereocenters. The lowest BCUT2D eigenvalue weighted by atomic mass is 10.1. The van der Waals surface area contributed by atoms with E-state index in [2.05, 4.69) is 47.8 Å². The Morgan fingerprint density at radius 3 is 2.74 bits per heavy atom. The summed E-state index contributed by atoms with van der Waals surface area (Å²) in [6, 6.07) is 8.35. The van der Waals surface area contributed by atoms with Gasteiger partial charge in [0.25, 0.3) is 0 Å². The third-order valence-electron chi connectivity index (χ3n) is 6.05. The van der Waals surface area contributed by atoms with E-state index in [1.807, 2.05) is 55.9 Å². The highest BCUT2D eigenvalue weighted by atomic mass is 15.3. The molecule has 5 rings (SSSR count). The van der Waals surface area contributed by atoms with Crippen LogP contribution >= 0.6 is 0 Å². The van der Waals surface area contributed by atoms with Gasteiger partial charge in [0.05, 0.1) is 11.9 Å². The molecule has 1 aliphatic carbocycles. The number of hydrogen-bond donors (Lipinski definition) is 2. The minimum absolute atomic E-state index is 0.505. The molecule has 0 saturated heterocycles. The highest BCUT2D eigenvalue weighted by Crippen LogP contribution is 2.24. The molecule has 0 aromatic carbocycles. The summed E-state index contributed by atoms with van der Waals surface area (Å²) >= 11 is 0. The molecule has 0 amide bonds. The number of aliphatic imine (C=N–C) groups is 1. The first-order valence-electron chi connectivity index (χ1n) is 11.3. The highest BCUT2D eigenvalue weighted by molar-refractivity contribution is 5.99. The summed E-state index contributed by atoms with van der Waals surface area (Å²) in [5.74, 6) is 2.19. The minimum atomic E-state index is 0.505. The Morgan fingerprint density at radius 2 is 2.00 bits per heavy atom. The van der Waals surface area contributed by atoms with Crippen molar-refractivity contribution in [3.8, 4) is 11.3 Å². The largest absolute Gasteiger partial charge is 0.386 e. The van der Waals surface area contributed by atoms with Gasteiger partial charge in [-0.1, -0.05) is 0 Å². The quantitative estimate of drug-likeness (QED) is 0.391. The molecule has 174 valence electrons. The van der Waals surface area contributed by atoms with Gasteiger partial charge in [-0.3, -0.25) is 14.1 Å². The van der Waals surface area contributed by atoms with Crippen molar-refractivity contribution >= 4 is 23.1 Å². The summed E-state index contributed by atoms with van der Waals surface area (Å²) in [7, 11) is 3.69. The first-order valence-corrected chi connectivity index (χ1v) is 11.3. The number of nitrogens with one attached hydrogen (secondary N) is 2. The number of allylic oxidation sites excluding steroid dienone is 2. The van der Waals surface area contributed by atoms with Crippen LogP contribution in [0.2, 0.25) is 0 Å². The Bertz CT molecular complexity index is 1390. The van der Waals surface area contributed by atoms with Crippen LogP contribution in [-0.4, -0.2) is 53.1 Å². The van der Waals surface area contributed by atoms with E-state index in [4.69, 9.17) is 0 Å². The fourth-order valence-electron chi connectivity index (χ4n) is 3.86. The van der Waals surface area contributed by atoms with Crippen molar-refractivity contribution in [3.63, 3.8) is 0 Å². The number of rotatable bonds is 8. The monoisotopic (exact) mass is 456 g/mol. The average molecular weight is 457 g/mol. The van der Waals surface area contributed by atoms with Crippen LogP contribution in [0.3, 0.4) is 0 Å². The average Bonchev–Trinajstić information content (AvgIpc) is 3.44. The topological polar surface area (TPSA) is 110 Å². The molecule has 4 heterocycles. The Hall–Kier alpha value is -4.08. The smallest absolute Gasteiger partial charge is 0.228 e. The van der Waals surface area contributed by atoms with E-state index in [0.29, 0.717) is 18.4 Å². The van der Waals surface area contributed by atoms with Gasteiger partial charge in [0, 0.05) is 62.0 Å². The van der Waals surface area contributed by atoms with Gasteiger partial charge in [0.2, 0.25) is 5.95 Å². The molecule has 4 aromatic rings. The summed E-state index contributed by atoms with van der Waals surface area (Å²) in [5, 5.41) is 19.9. The normalized spacial score (nSPS) is 14.9. The number of fused-ring (bicyclic) bond motifs is 1. The fourth-order valence-corrected chi connectivity index (χ4v) is 3.86. The molecule has 0 unspecified atom stereocenters. The van der Waals surface area contributed by atoms with Crippen LogP contribution in [-0.2, 0) is 13.5 Å². The van der Waals surface area contributed by atoms with Crippen molar-refractivity contribution in [3.05, 3.63) is 60.0 Å². The number of aryl methyl sites for hydroxylation is 1. The Balaban J connectivity index is 1.42. The first-order chi connectivity index (χ1) is 16.5. The Labute approximate surface area is 197 Å². The second kappa shape index (κ2) is 9.05. The van der Waals surface area contributed by atoms with Crippen LogP contribution in [0.25, 0.3) is 16.9 Å². The molecular weight excluding hydrogens is 428 g/mol. The van der Waals surface area contributed by atoms with Crippen molar-refractivity contribution in [2.75, 3.05) is 12.4 Å². The zero-order chi connectivity index (χ0) is 23.7. The van der Waals surface area contributed by atoms with E-state index in [1.54, 1.807) is 17.1 Å². The third kappa shape index (κ3) is 4.52. The van der Waals surface area contributed by atoms with Crippen LogP contribution in [0, 0.1) is 0 Å². The predicted octanol–water partition coefficient (Wildman–Crippen LogP) is 3.32. The molecule has 1 saturated carbocycles. The van der Waals surface area contributed by atoms with Crippen LogP contribution in [0.4, 0.5) is 11.8 Å². The number of anilines is 2. The number of pyridine rings is 1. The summed E-state index contributed by atoms with van der Waals surface area (Å²) in [6.07, 6.45) is 8.57. The van der Waals surface area contributed by atoms with Crippen molar-refractivity contribution < 1.29 is 0 Å². The minimum Gasteiger partial charge on any atom is -0.386 e. The zero-order valence-electron chi connectivity index (χ0n) is 19.8. The molecular formula is C24H28N10. The lowest BCUT2D eigenvalue weighted by Gasteiger charge is -2.13. The SMILES string of the molecule is C/N=C(C)\C(Cc1nnc2cc(-c3ccnc(Nc4ccnn4C)n3)ccn12)=C(\C)NC1CC1. The number of hydrogen-bond acceptors (Lipinski definition) is 8. The van der Waals surface area contributed by atoms with Gasteiger partial charge in [-0.2, -0.15) is 5.10 Å². The van der Waals surface area contributed by atoms with Crippen LogP contribution in [0.15, 0.2) is 59.1 Å². The maximum absolute atomic E-state index is 4.66. The van der Waals surface area contributed by atoms with Crippen molar-refractivity contribution in [1.29, 1.82) is 0 Å². The Morgan fingerprint density at radius 1 is 1.15 bits per heavy atom. The van der Waals surface area contributed by atoms with Gasteiger partial charge in [0.1, 0.15) is 11.6 Å². The van der Waals surface area contributed by atoms with Gasteiger partial charge in [-0.25, -0.2) is 9.97 Å². The van der Waals surface area contributed by atoms with Gasteiger partial charge in [0.15, 0.2) is 5.65 Å².